The number of carbonyl (C=O) groups excluding carboxylic acids is 2. The fraction of sp³-hybridized carbons (Fsp3) is 0.148. The number of nitrogen functional groups attached to an aromatic ring is 1. The largest absolute Gasteiger partial charge is 0.491 e. The van der Waals surface area contributed by atoms with Crippen molar-refractivity contribution in [2.45, 2.75) is 12.5 Å². The van der Waals surface area contributed by atoms with Gasteiger partial charge in [-0.1, -0.05) is 36.4 Å². The number of amides is 2. The second kappa shape index (κ2) is 13.2. The first-order valence-electron chi connectivity index (χ1n) is 11.1. The molecule has 0 radical (unpaired) electrons. The zero-order valence-electron chi connectivity index (χ0n) is 19.4. The third-order valence-corrected chi connectivity index (χ3v) is 4.96. The Bertz CT molecular complexity index is 1250. The van der Waals surface area contributed by atoms with Crippen LogP contribution in [0.25, 0.3) is 0 Å². The van der Waals surface area contributed by atoms with Gasteiger partial charge in [0.25, 0.3) is 0 Å². The first kappa shape index (κ1) is 25.8. The highest BCUT2D eigenvalue weighted by Crippen LogP contribution is 2.31. The fourth-order valence-corrected chi connectivity index (χ4v) is 3.26. The van der Waals surface area contributed by atoms with Crippen LogP contribution in [-0.4, -0.2) is 30.3 Å². The summed E-state index contributed by atoms with van der Waals surface area (Å²) in [4.78, 5) is 25.0. The average Bonchev–Trinajstić information content (AvgIpc) is 2.89. The van der Waals surface area contributed by atoms with Crippen LogP contribution in [0.15, 0.2) is 84.9 Å². The number of rotatable bonds is 10. The predicted octanol–water partition coefficient (Wildman–Crippen LogP) is 4.39. The number of benzene rings is 3. The number of para-hydroxylation sites is 3. The summed E-state index contributed by atoms with van der Waals surface area (Å²) < 4.78 is 11.3. The van der Waals surface area contributed by atoms with Gasteiger partial charge in [-0.2, -0.15) is 5.26 Å². The fourth-order valence-electron chi connectivity index (χ4n) is 3.26. The topological polar surface area (TPSA) is 147 Å². The van der Waals surface area contributed by atoms with E-state index in [0.717, 1.165) is 0 Å². The molecule has 0 bridgehead atoms. The van der Waals surface area contributed by atoms with Gasteiger partial charge < -0.3 is 25.6 Å². The van der Waals surface area contributed by atoms with Crippen molar-refractivity contribution in [3.05, 3.63) is 96.1 Å². The van der Waals surface area contributed by atoms with E-state index in [1.807, 2.05) is 6.07 Å². The van der Waals surface area contributed by atoms with Crippen LogP contribution in [0.4, 0.5) is 21.9 Å². The zero-order valence-corrected chi connectivity index (χ0v) is 19.4. The molecule has 5 N–H and O–H groups in total. The second-order valence-corrected chi connectivity index (χ2v) is 7.53. The molecule has 9 nitrogen and oxygen atoms in total. The number of nitrogens with two attached hydrogens (primary N) is 1. The summed E-state index contributed by atoms with van der Waals surface area (Å²) >= 11 is 0. The van der Waals surface area contributed by atoms with Crippen molar-refractivity contribution in [1.29, 1.82) is 5.26 Å². The maximum absolute atomic E-state index is 12.7. The van der Waals surface area contributed by atoms with Gasteiger partial charge >= 0.3 is 6.09 Å². The summed E-state index contributed by atoms with van der Waals surface area (Å²) in [5.41, 5.74) is 8.28. The Morgan fingerprint density at radius 1 is 1.03 bits per heavy atom. The standard InChI is InChI=1S/C27H26N4O5/c28-18-19-12-14-20(15-13-19)30-27(34)36-25(21-6-1-4-9-24(21)35-17-16-32)10-5-11-26(33)31-23-8-3-2-7-22(23)29/h1-9,11-15,25,32H,10,16-17,29H2,(H,30,34)(H,31,33)/b11-5+/t25-/m0/s1. The number of carbonyl (C=O) groups is 2. The van der Waals surface area contributed by atoms with Crippen LogP contribution >= 0.6 is 0 Å². The molecule has 2 amide bonds. The first-order chi connectivity index (χ1) is 17.5. The number of nitrogens with zero attached hydrogens (tertiary/aromatic N) is 1. The molecule has 0 aromatic heterocycles. The molecule has 0 heterocycles. The van der Waals surface area contributed by atoms with Crippen molar-refractivity contribution in [3.8, 4) is 11.8 Å². The quantitative estimate of drug-likeness (QED) is 0.245. The molecule has 0 fully saturated rings. The van der Waals surface area contributed by atoms with E-state index in [9.17, 15) is 9.59 Å². The number of hydrogen-bond acceptors (Lipinski definition) is 7. The molecule has 3 aromatic rings. The van der Waals surface area contributed by atoms with Crippen molar-refractivity contribution >= 4 is 29.1 Å². The van der Waals surface area contributed by atoms with Gasteiger partial charge in [-0.3, -0.25) is 10.1 Å². The maximum atomic E-state index is 12.7. The van der Waals surface area contributed by atoms with Crippen molar-refractivity contribution in [2.24, 2.45) is 0 Å². The highest BCUT2D eigenvalue weighted by atomic mass is 16.6. The molecule has 0 aliphatic carbocycles. The predicted molar refractivity (Wildman–Crippen MR) is 136 cm³/mol. The summed E-state index contributed by atoms with van der Waals surface area (Å²) in [5, 5.41) is 23.4. The molecule has 0 spiro atoms. The molecule has 0 saturated carbocycles. The number of aliphatic hydroxyl groups excluding tert-OH is 1. The van der Waals surface area contributed by atoms with Gasteiger partial charge in [0.1, 0.15) is 18.5 Å². The summed E-state index contributed by atoms with van der Waals surface area (Å²) in [7, 11) is 0. The minimum absolute atomic E-state index is 0.0674. The van der Waals surface area contributed by atoms with Crippen LogP contribution in [0.2, 0.25) is 0 Å². The van der Waals surface area contributed by atoms with Crippen LogP contribution in [0.3, 0.4) is 0 Å². The van der Waals surface area contributed by atoms with E-state index < -0.39 is 18.1 Å². The van der Waals surface area contributed by atoms with E-state index in [-0.39, 0.29) is 19.6 Å². The molecule has 36 heavy (non-hydrogen) atoms. The SMILES string of the molecule is N#Cc1ccc(NC(=O)O[C@@H](C/C=C/C(=O)Nc2ccccc2N)c2ccccc2OCCO)cc1. The lowest BCUT2D eigenvalue weighted by Crippen LogP contribution is -2.18. The molecule has 0 saturated heterocycles. The number of ether oxygens (including phenoxy) is 2. The van der Waals surface area contributed by atoms with Gasteiger partial charge in [0.05, 0.1) is 29.6 Å². The molecule has 3 rings (SSSR count). The van der Waals surface area contributed by atoms with E-state index in [4.69, 9.17) is 25.6 Å². The third-order valence-electron chi connectivity index (χ3n) is 4.96. The Hall–Kier alpha value is -4.81. The van der Waals surface area contributed by atoms with Gasteiger partial charge in [-0.05, 0) is 48.5 Å². The monoisotopic (exact) mass is 486 g/mol. The molecule has 184 valence electrons. The van der Waals surface area contributed by atoms with Gasteiger partial charge in [0.15, 0.2) is 0 Å². The van der Waals surface area contributed by atoms with E-state index in [0.29, 0.717) is 33.9 Å². The van der Waals surface area contributed by atoms with Crippen LogP contribution in [0.1, 0.15) is 23.7 Å². The van der Waals surface area contributed by atoms with Crippen molar-refractivity contribution in [3.63, 3.8) is 0 Å². The minimum Gasteiger partial charge on any atom is -0.491 e. The summed E-state index contributed by atoms with van der Waals surface area (Å²) in [6.45, 7) is -0.111. The van der Waals surface area contributed by atoms with E-state index in [2.05, 4.69) is 10.6 Å². The summed E-state index contributed by atoms with van der Waals surface area (Å²) in [6, 6.07) is 22.2. The number of hydrogen-bond donors (Lipinski definition) is 4. The van der Waals surface area contributed by atoms with Gasteiger partial charge in [0, 0.05) is 17.7 Å². The Morgan fingerprint density at radius 3 is 2.47 bits per heavy atom. The Labute approximate surface area is 208 Å². The third kappa shape index (κ3) is 7.62. The lowest BCUT2D eigenvalue weighted by molar-refractivity contribution is -0.111. The Morgan fingerprint density at radius 2 is 1.75 bits per heavy atom. The Balaban J connectivity index is 1.74. The van der Waals surface area contributed by atoms with Crippen LogP contribution < -0.4 is 21.1 Å². The lowest BCUT2D eigenvalue weighted by atomic mass is 10.0. The van der Waals surface area contributed by atoms with Crippen molar-refractivity contribution in [1.82, 2.24) is 0 Å². The highest BCUT2D eigenvalue weighted by Gasteiger charge is 2.20. The molecular formula is C27H26N4O5. The van der Waals surface area contributed by atoms with Crippen LogP contribution in [0.5, 0.6) is 5.75 Å². The van der Waals surface area contributed by atoms with Crippen LogP contribution in [-0.2, 0) is 9.53 Å². The lowest BCUT2D eigenvalue weighted by Gasteiger charge is -2.20. The number of anilines is 3. The zero-order chi connectivity index (χ0) is 25.8. The van der Waals surface area contributed by atoms with Gasteiger partial charge in [-0.15, -0.1) is 0 Å². The Kier molecular flexibility index (Phi) is 9.44. The van der Waals surface area contributed by atoms with E-state index in [1.165, 1.54) is 6.08 Å². The smallest absolute Gasteiger partial charge is 0.412 e. The van der Waals surface area contributed by atoms with Crippen LogP contribution in [0, 0.1) is 11.3 Å². The van der Waals surface area contributed by atoms with E-state index in [1.54, 1.807) is 78.9 Å². The van der Waals surface area contributed by atoms with Gasteiger partial charge in [-0.25, -0.2) is 4.79 Å². The molecule has 0 aliphatic heterocycles. The average molecular weight is 487 g/mol. The van der Waals surface area contributed by atoms with E-state index >= 15 is 0 Å². The summed E-state index contributed by atoms with van der Waals surface area (Å²) in [6.07, 6.45) is 1.55. The molecule has 0 aliphatic rings. The van der Waals surface area contributed by atoms with Gasteiger partial charge in [0.2, 0.25) is 5.91 Å². The number of nitriles is 1. The molecular weight excluding hydrogens is 460 g/mol. The van der Waals surface area contributed by atoms with Crippen molar-refractivity contribution in [2.75, 3.05) is 29.6 Å². The summed E-state index contributed by atoms with van der Waals surface area (Å²) in [5.74, 6) is 0.0520. The second-order valence-electron chi connectivity index (χ2n) is 7.53. The molecule has 1 atom stereocenters. The molecule has 9 heteroatoms. The minimum atomic E-state index is -0.802. The maximum Gasteiger partial charge on any atom is 0.412 e. The number of aliphatic hydroxyl groups is 1. The highest BCUT2D eigenvalue weighted by molar-refractivity contribution is 6.01. The molecule has 0 unspecified atom stereocenters. The van der Waals surface area contributed by atoms with Crippen molar-refractivity contribution < 1.29 is 24.2 Å². The normalized spacial score (nSPS) is 11.3. The number of nitrogens with one attached hydrogen (secondary N) is 2. The molecule has 3 aromatic carbocycles. The first-order valence-corrected chi connectivity index (χ1v) is 11.1.